The number of hydrogen-bond donors (Lipinski definition) is 1. The van der Waals surface area contributed by atoms with E-state index in [1.165, 1.54) is 16.8 Å². The number of nitrogens with zero attached hydrogens (tertiary/aromatic N) is 1. The molecule has 3 nitrogen and oxygen atoms in total. The Labute approximate surface area is 129 Å². The lowest BCUT2D eigenvalue weighted by Gasteiger charge is -2.40. The lowest BCUT2D eigenvalue weighted by atomic mass is 10.0. The Bertz CT molecular complexity index is 479. The van der Waals surface area contributed by atoms with Crippen molar-refractivity contribution >= 4 is 5.69 Å². The first-order chi connectivity index (χ1) is 9.76. The van der Waals surface area contributed by atoms with Gasteiger partial charge >= 0.3 is 0 Å². The van der Waals surface area contributed by atoms with Gasteiger partial charge in [0.25, 0.3) is 0 Å². The molecule has 1 aliphatic heterocycles. The maximum atomic E-state index is 5.76. The van der Waals surface area contributed by atoms with E-state index in [1.54, 1.807) is 0 Å². The number of morpholine rings is 1. The number of rotatable bonds is 3. The summed E-state index contributed by atoms with van der Waals surface area (Å²) in [7, 11) is 0. The van der Waals surface area contributed by atoms with Crippen LogP contribution in [0.1, 0.15) is 45.7 Å². The average Bonchev–Trinajstić information content (AvgIpc) is 2.39. The van der Waals surface area contributed by atoms with Crippen LogP contribution in [-0.4, -0.2) is 30.8 Å². The first kappa shape index (κ1) is 16.3. The fraction of sp³-hybridized carbons (Fsp3) is 0.667. The van der Waals surface area contributed by atoms with Crippen LogP contribution in [0.3, 0.4) is 0 Å². The number of anilines is 1. The van der Waals surface area contributed by atoms with E-state index in [2.05, 4.69) is 70.0 Å². The van der Waals surface area contributed by atoms with Crippen molar-refractivity contribution in [1.82, 2.24) is 5.32 Å². The summed E-state index contributed by atoms with van der Waals surface area (Å²) in [5, 5.41) is 3.61. The van der Waals surface area contributed by atoms with Crippen molar-refractivity contribution in [2.24, 2.45) is 0 Å². The summed E-state index contributed by atoms with van der Waals surface area (Å²) in [5.74, 6) is 0. The van der Waals surface area contributed by atoms with Crippen LogP contribution >= 0.6 is 0 Å². The summed E-state index contributed by atoms with van der Waals surface area (Å²) in [5.41, 5.74) is 4.18. The van der Waals surface area contributed by atoms with Crippen molar-refractivity contribution in [3.63, 3.8) is 0 Å². The maximum absolute atomic E-state index is 5.76. The summed E-state index contributed by atoms with van der Waals surface area (Å²) in [6.45, 7) is 15.9. The van der Waals surface area contributed by atoms with Crippen molar-refractivity contribution in [3.05, 3.63) is 29.3 Å². The Kier molecular flexibility index (Phi) is 4.95. The number of benzene rings is 1. The van der Waals surface area contributed by atoms with Gasteiger partial charge in [-0.2, -0.15) is 0 Å². The Morgan fingerprint density at radius 1 is 1.29 bits per heavy atom. The minimum absolute atomic E-state index is 0.130. The number of hydrogen-bond acceptors (Lipinski definition) is 3. The minimum Gasteiger partial charge on any atom is -0.375 e. The van der Waals surface area contributed by atoms with Gasteiger partial charge in [0.2, 0.25) is 0 Å². The molecule has 1 heterocycles. The zero-order valence-corrected chi connectivity index (χ0v) is 14.4. The first-order valence-corrected chi connectivity index (χ1v) is 7.99. The molecule has 1 aromatic carbocycles. The SMILES string of the molecule is Cc1ccc(N2CC(C)OCC2C)c(CNC(C)(C)C)c1. The molecule has 1 saturated heterocycles. The Balaban J connectivity index is 2.25. The fourth-order valence-electron chi connectivity index (χ4n) is 2.74. The minimum atomic E-state index is 0.130. The lowest BCUT2D eigenvalue weighted by Crippen LogP contribution is -2.48. The fourth-order valence-corrected chi connectivity index (χ4v) is 2.74. The summed E-state index contributed by atoms with van der Waals surface area (Å²) < 4.78 is 5.76. The monoisotopic (exact) mass is 290 g/mol. The highest BCUT2D eigenvalue weighted by molar-refractivity contribution is 5.56. The zero-order valence-electron chi connectivity index (χ0n) is 14.4. The zero-order chi connectivity index (χ0) is 15.6. The maximum Gasteiger partial charge on any atom is 0.0723 e. The largest absolute Gasteiger partial charge is 0.375 e. The van der Waals surface area contributed by atoms with Gasteiger partial charge in [-0.25, -0.2) is 0 Å². The number of nitrogens with one attached hydrogen (secondary N) is 1. The molecule has 2 rings (SSSR count). The molecule has 2 atom stereocenters. The highest BCUT2D eigenvalue weighted by Gasteiger charge is 2.25. The van der Waals surface area contributed by atoms with Crippen LogP contribution in [-0.2, 0) is 11.3 Å². The molecule has 21 heavy (non-hydrogen) atoms. The average molecular weight is 290 g/mol. The van der Waals surface area contributed by atoms with Gasteiger partial charge in [-0.1, -0.05) is 17.7 Å². The van der Waals surface area contributed by atoms with E-state index < -0.39 is 0 Å². The van der Waals surface area contributed by atoms with Gasteiger partial charge in [0.15, 0.2) is 0 Å². The predicted octanol–water partition coefficient (Wildman–Crippen LogP) is 3.50. The number of aryl methyl sites for hydroxylation is 1. The van der Waals surface area contributed by atoms with Crippen molar-refractivity contribution in [1.29, 1.82) is 0 Å². The standard InChI is InChI=1S/C18H30N2O/c1-13-7-8-17(16(9-13)10-19-18(4,5)6)20-11-15(3)21-12-14(20)2/h7-9,14-15,19H,10-12H2,1-6H3. The Morgan fingerprint density at radius 3 is 2.67 bits per heavy atom. The van der Waals surface area contributed by atoms with Gasteiger partial charge in [0.1, 0.15) is 0 Å². The summed E-state index contributed by atoms with van der Waals surface area (Å²) in [4.78, 5) is 2.49. The molecule has 0 aromatic heterocycles. The van der Waals surface area contributed by atoms with E-state index in [-0.39, 0.29) is 5.54 Å². The van der Waals surface area contributed by atoms with E-state index in [0.717, 1.165) is 19.7 Å². The molecular formula is C18H30N2O. The van der Waals surface area contributed by atoms with Crippen molar-refractivity contribution in [2.45, 2.75) is 65.8 Å². The van der Waals surface area contributed by atoms with Crippen LogP contribution in [0.5, 0.6) is 0 Å². The highest BCUT2D eigenvalue weighted by atomic mass is 16.5. The van der Waals surface area contributed by atoms with Crippen LogP contribution in [0, 0.1) is 6.92 Å². The van der Waals surface area contributed by atoms with E-state index in [4.69, 9.17) is 4.74 Å². The Morgan fingerprint density at radius 2 is 2.00 bits per heavy atom. The topological polar surface area (TPSA) is 24.5 Å². The van der Waals surface area contributed by atoms with Crippen molar-refractivity contribution < 1.29 is 4.74 Å². The third-order valence-corrected chi connectivity index (χ3v) is 3.96. The van der Waals surface area contributed by atoms with Crippen molar-refractivity contribution in [3.8, 4) is 0 Å². The molecule has 0 radical (unpaired) electrons. The molecule has 118 valence electrons. The van der Waals surface area contributed by atoms with E-state index >= 15 is 0 Å². The van der Waals surface area contributed by atoms with E-state index in [9.17, 15) is 0 Å². The molecule has 2 unspecified atom stereocenters. The molecular weight excluding hydrogens is 260 g/mol. The van der Waals surface area contributed by atoms with Crippen LogP contribution in [0.15, 0.2) is 18.2 Å². The Hall–Kier alpha value is -1.06. The van der Waals surface area contributed by atoms with Crippen LogP contribution < -0.4 is 10.2 Å². The quantitative estimate of drug-likeness (QED) is 0.922. The third-order valence-electron chi connectivity index (χ3n) is 3.96. The van der Waals surface area contributed by atoms with Crippen LogP contribution in [0.2, 0.25) is 0 Å². The van der Waals surface area contributed by atoms with Gasteiger partial charge in [-0.15, -0.1) is 0 Å². The van der Waals surface area contributed by atoms with Gasteiger partial charge in [-0.3, -0.25) is 0 Å². The highest BCUT2D eigenvalue weighted by Crippen LogP contribution is 2.27. The second-order valence-corrected chi connectivity index (χ2v) is 7.38. The third kappa shape index (κ3) is 4.45. The molecule has 1 aromatic rings. The van der Waals surface area contributed by atoms with Gasteiger partial charge in [-0.05, 0) is 53.2 Å². The molecule has 1 fully saturated rings. The van der Waals surface area contributed by atoms with Crippen LogP contribution in [0.25, 0.3) is 0 Å². The lowest BCUT2D eigenvalue weighted by molar-refractivity contribution is 0.0343. The van der Waals surface area contributed by atoms with Crippen LogP contribution in [0.4, 0.5) is 5.69 Å². The first-order valence-electron chi connectivity index (χ1n) is 7.99. The molecule has 0 saturated carbocycles. The molecule has 3 heteroatoms. The second-order valence-electron chi connectivity index (χ2n) is 7.38. The van der Waals surface area contributed by atoms with Crippen molar-refractivity contribution in [2.75, 3.05) is 18.1 Å². The van der Waals surface area contributed by atoms with Gasteiger partial charge in [0, 0.05) is 30.4 Å². The van der Waals surface area contributed by atoms with Gasteiger partial charge in [0.05, 0.1) is 12.7 Å². The molecule has 0 amide bonds. The predicted molar refractivity (Wildman–Crippen MR) is 90.0 cm³/mol. The summed E-state index contributed by atoms with van der Waals surface area (Å²) in [6.07, 6.45) is 0.297. The molecule has 1 aliphatic rings. The molecule has 1 N–H and O–H groups in total. The summed E-state index contributed by atoms with van der Waals surface area (Å²) in [6, 6.07) is 7.21. The van der Waals surface area contributed by atoms with Gasteiger partial charge < -0.3 is 15.0 Å². The molecule has 0 spiro atoms. The molecule has 0 aliphatic carbocycles. The smallest absolute Gasteiger partial charge is 0.0723 e. The molecule has 0 bridgehead atoms. The van der Waals surface area contributed by atoms with E-state index in [1.807, 2.05) is 0 Å². The second kappa shape index (κ2) is 6.37. The van der Waals surface area contributed by atoms with E-state index in [0.29, 0.717) is 12.1 Å². The number of ether oxygens (including phenoxy) is 1. The normalized spacial score (nSPS) is 23.4. The summed E-state index contributed by atoms with van der Waals surface area (Å²) >= 11 is 0.